The van der Waals surface area contributed by atoms with Gasteiger partial charge >= 0.3 is 0 Å². The summed E-state index contributed by atoms with van der Waals surface area (Å²) < 4.78 is 0. The van der Waals surface area contributed by atoms with Crippen LogP contribution in [0.1, 0.15) is 40.0 Å². The van der Waals surface area contributed by atoms with Crippen molar-refractivity contribution in [3.8, 4) is 0 Å². The van der Waals surface area contributed by atoms with Gasteiger partial charge in [0.05, 0.1) is 0 Å². The number of hydrogen-bond acceptors (Lipinski definition) is 1. The Kier molecular flexibility index (Phi) is 5.27. The first kappa shape index (κ1) is 9.67. The maximum atomic E-state index is 7.05. The van der Waals surface area contributed by atoms with Crippen molar-refractivity contribution in [3.63, 3.8) is 0 Å². The average Bonchev–Trinajstić information content (AvgIpc) is 1.98. The fourth-order valence-electron chi connectivity index (χ4n) is 0.953. The molecule has 0 fully saturated rings. The highest BCUT2D eigenvalue weighted by Gasteiger charge is 2.07. The lowest BCUT2D eigenvalue weighted by molar-refractivity contribution is 0.437. The van der Waals surface area contributed by atoms with Gasteiger partial charge in [-0.25, -0.2) is 0 Å². The molecule has 1 N–H and O–H groups in total. The molecule has 0 aromatic carbocycles. The first-order chi connectivity index (χ1) is 4.72. The third kappa shape index (κ3) is 3.65. The van der Waals surface area contributed by atoms with E-state index in [1.165, 1.54) is 19.3 Å². The predicted octanol–water partition coefficient (Wildman–Crippen LogP) is 3.10. The van der Waals surface area contributed by atoms with Crippen LogP contribution < -0.4 is 0 Å². The first-order valence-corrected chi connectivity index (χ1v) is 4.23. The molecule has 0 heterocycles. The minimum atomic E-state index is 0.464. The van der Waals surface area contributed by atoms with Crippen molar-refractivity contribution in [2.45, 2.75) is 40.0 Å². The minimum Gasteiger partial charge on any atom is -0.313 e. The molecular formula is C9H19N. The second-order valence-corrected chi connectivity index (χ2v) is 3.15. The van der Waals surface area contributed by atoms with Crippen LogP contribution in [0.25, 0.3) is 0 Å². The summed E-state index contributed by atoms with van der Waals surface area (Å²) in [7, 11) is 0. The summed E-state index contributed by atoms with van der Waals surface area (Å²) in [5.74, 6) is 1.16. The second kappa shape index (κ2) is 5.45. The van der Waals surface area contributed by atoms with Crippen LogP contribution in [-0.2, 0) is 0 Å². The van der Waals surface area contributed by atoms with Gasteiger partial charge in [-0.3, -0.25) is 0 Å². The van der Waals surface area contributed by atoms with Gasteiger partial charge in [-0.05, 0) is 18.1 Å². The molecule has 0 aliphatic rings. The van der Waals surface area contributed by atoms with E-state index < -0.39 is 0 Å². The third-order valence-electron chi connectivity index (χ3n) is 2.17. The Hall–Kier alpha value is -0.330. The maximum absolute atomic E-state index is 7.05. The van der Waals surface area contributed by atoms with E-state index in [1.807, 2.05) is 0 Å². The molecule has 0 aliphatic heterocycles. The summed E-state index contributed by atoms with van der Waals surface area (Å²) in [6, 6.07) is 0. The van der Waals surface area contributed by atoms with Crippen LogP contribution in [0.3, 0.4) is 0 Å². The molecule has 0 spiro atoms. The predicted molar refractivity (Wildman–Crippen MR) is 46.6 cm³/mol. The Balaban J connectivity index is 3.40. The molecule has 2 atom stereocenters. The Bertz CT molecular complexity index is 88.7. The van der Waals surface area contributed by atoms with Crippen LogP contribution in [0.4, 0.5) is 0 Å². The van der Waals surface area contributed by atoms with Crippen LogP contribution in [0.2, 0.25) is 0 Å². The van der Waals surface area contributed by atoms with Crippen LogP contribution in [0, 0.1) is 17.2 Å². The van der Waals surface area contributed by atoms with Gasteiger partial charge < -0.3 is 5.41 Å². The van der Waals surface area contributed by atoms with Gasteiger partial charge in [0, 0.05) is 0 Å². The fourth-order valence-corrected chi connectivity index (χ4v) is 0.953. The van der Waals surface area contributed by atoms with Crippen LogP contribution in [0.5, 0.6) is 0 Å². The van der Waals surface area contributed by atoms with Crippen molar-refractivity contribution in [1.29, 1.82) is 5.41 Å². The van der Waals surface area contributed by atoms with Gasteiger partial charge in [0.15, 0.2) is 0 Å². The zero-order valence-corrected chi connectivity index (χ0v) is 7.35. The molecule has 0 aliphatic carbocycles. The van der Waals surface area contributed by atoms with Crippen LogP contribution in [0.15, 0.2) is 0 Å². The van der Waals surface area contributed by atoms with Crippen molar-refractivity contribution in [1.82, 2.24) is 0 Å². The average molecular weight is 141 g/mol. The van der Waals surface area contributed by atoms with Gasteiger partial charge in [0.25, 0.3) is 0 Å². The van der Waals surface area contributed by atoms with E-state index in [0.717, 1.165) is 0 Å². The molecule has 1 nitrogen and oxygen atoms in total. The standard InChI is InChI=1S/C9H19N/c1-4-5-6-8(2)9(3)7-10/h7-10H,4-6H2,1-3H3/t8-,9?/m0/s1. The van der Waals surface area contributed by atoms with Crippen molar-refractivity contribution in [2.24, 2.45) is 11.8 Å². The van der Waals surface area contributed by atoms with E-state index in [1.54, 1.807) is 6.21 Å². The van der Waals surface area contributed by atoms with E-state index in [2.05, 4.69) is 20.8 Å². The summed E-state index contributed by atoms with van der Waals surface area (Å²) in [4.78, 5) is 0. The van der Waals surface area contributed by atoms with Crippen molar-refractivity contribution >= 4 is 6.21 Å². The number of hydrogen-bond donors (Lipinski definition) is 1. The van der Waals surface area contributed by atoms with Crippen molar-refractivity contribution < 1.29 is 0 Å². The molecule has 10 heavy (non-hydrogen) atoms. The molecule has 0 aromatic rings. The maximum Gasteiger partial charge on any atom is -0.00168 e. The lowest BCUT2D eigenvalue weighted by atomic mass is 9.92. The van der Waals surface area contributed by atoms with E-state index in [0.29, 0.717) is 11.8 Å². The normalized spacial score (nSPS) is 16.3. The Morgan fingerprint density at radius 3 is 2.40 bits per heavy atom. The van der Waals surface area contributed by atoms with Crippen molar-refractivity contribution in [3.05, 3.63) is 0 Å². The number of unbranched alkanes of at least 4 members (excludes halogenated alkanes) is 1. The molecule has 0 rings (SSSR count). The minimum absolute atomic E-state index is 0.464. The topological polar surface area (TPSA) is 23.9 Å². The zero-order valence-electron chi connectivity index (χ0n) is 7.35. The molecule has 0 aromatic heterocycles. The third-order valence-corrected chi connectivity index (χ3v) is 2.17. The second-order valence-electron chi connectivity index (χ2n) is 3.15. The van der Waals surface area contributed by atoms with Gasteiger partial charge in [0.1, 0.15) is 0 Å². The summed E-state index contributed by atoms with van der Waals surface area (Å²) in [5.41, 5.74) is 0. The summed E-state index contributed by atoms with van der Waals surface area (Å²) in [5, 5.41) is 7.05. The highest BCUT2D eigenvalue weighted by molar-refractivity contribution is 5.56. The Morgan fingerprint density at radius 2 is 2.00 bits per heavy atom. The van der Waals surface area contributed by atoms with Crippen molar-refractivity contribution in [2.75, 3.05) is 0 Å². The van der Waals surface area contributed by atoms with Crippen LogP contribution >= 0.6 is 0 Å². The number of nitrogens with one attached hydrogen (secondary N) is 1. The quantitative estimate of drug-likeness (QED) is 0.569. The van der Waals surface area contributed by atoms with E-state index in [4.69, 9.17) is 5.41 Å². The first-order valence-electron chi connectivity index (χ1n) is 4.23. The zero-order chi connectivity index (χ0) is 7.98. The molecule has 0 bridgehead atoms. The molecule has 60 valence electrons. The molecule has 0 amide bonds. The Morgan fingerprint density at radius 1 is 1.40 bits per heavy atom. The monoisotopic (exact) mass is 141 g/mol. The highest BCUT2D eigenvalue weighted by Crippen LogP contribution is 2.15. The lowest BCUT2D eigenvalue weighted by Gasteiger charge is -2.13. The van der Waals surface area contributed by atoms with E-state index >= 15 is 0 Å². The summed E-state index contributed by atoms with van der Waals surface area (Å²) in [6.45, 7) is 6.56. The molecular weight excluding hydrogens is 122 g/mol. The van der Waals surface area contributed by atoms with E-state index in [-0.39, 0.29) is 0 Å². The fraction of sp³-hybridized carbons (Fsp3) is 0.889. The molecule has 1 unspecified atom stereocenters. The summed E-state index contributed by atoms with van der Waals surface area (Å²) >= 11 is 0. The SMILES string of the molecule is CCCC[C@H](C)C(C)C=N. The Labute approximate surface area is 64.3 Å². The molecule has 0 saturated carbocycles. The largest absolute Gasteiger partial charge is 0.313 e. The van der Waals surface area contributed by atoms with Gasteiger partial charge in [-0.1, -0.05) is 40.0 Å². The highest BCUT2D eigenvalue weighted by atomic mass is 14.3. The van der Waals surface area contributed by atoms with Gasteiger partial charge in [0.2, 0.25) is 0 Å². The van der Waals surface area contributed by atoms with Gasteiger partial charge in [-0.2, -0.15) is 0 Å². The van der Waals surface area contributed by atoms with E-state index in [9.17, 15) is 0 Å². The number of rotatable bonds is 5. The molecule has 0 saturated heterocycles. The van der Waals surface area contributed by atoms with Crippen LogP contribution in [-0.4, -0.2) is 6.21 Å². The molecule has 1 heteroatoms. The smallest absolute Gasteiger partial charge is 0.00168 e. The van der Waals surface area contributed by atoms with Gasteiger partial charge in [-0.15, -0.1) is 0 Å². The lowest BCUT2D eigenvalue weighted by Crippen LogP contribution is -2.08. The molecule has 0 radical (unpaired) electrons. The summed E-state index contributed by atoms with van der Waals surface area (Å²) in [6.07, 6.45) is 5.40.